The van der Waals surface area contributed by atoms with Gasteiger partial charge in [0, 0.05) is 5.56 Å². The van der Waals surface area contributed by atoms with Gasteiger partial charge < -0.3 is 4.74 Å². The molecular formula is C20H21ClN4O4S2. The van der Waals surface area contributed by atoms with E-state index in [9.17, 15) is 13.2 Å². The minimum atomic E-state index is -3.79. The summed E-state index contributed by atoms with van der Waals surface area (Å²) in [5, 5.41) is 11.9. The number of hydrogen-bond donors (Lipinski definition) is 1. The van der Waals surface area contributed by atoms with Gasteiger partial charge in [-0.2, -0.15) is 0 Å². The molecular weight excluding hydrogens is 460 g/mol. The Balaban J connectivity index is 1.82. The molecule has 0 aliphatic heterocycles. The Morgan fingerprint density at radius 3 is 2.45 bits per heavy atom. The summed E-state index contributed by atoms with van der Waals surface area (Å²) in [5.41, 5.74) is 2.24. The number of nitrogens with zero attached hydrogens (tertiary/aromatic N) is 3. The first-order chi connectivity index (χ1) is 14.6. The average molecular weight is 481 g/mol. The van der Waals surface area contributed by atoms with Crippen molar-refractivity contribution in [3.8, 4) is 16.3 Å². The number of methoxy groups -OCH3 is 1. The first kappa shape index (κ1) is 23.0. The fourth-order valence-corrected chi connectivity index (χ4v) is 5.07. The Hall–Kier alpha value is -2.69. The van der Waals surface area contributed by atoms with E-state index in [-0.39, 0.29) is 15.8 Å². The molecule has 1 aromatic heterocycles. The molecule has 1 heterocycles. The SMILES string of the molecule is COc1ccc(N(C(C)C(=O)Nc2nnc(-c3ccc(C)cc3)s2)S(C)(=O)=O)cc1Cl. The molecule has 11 heteroatoms. The lowest BCUT2D eigenvalue weighted by Crippen LogP contribution is -2.45. The van der Waals surface area contributed by atoms with Crippen molar-refractivity contribution in [2.45, 2.75) is 19.9 Å². The van der Waals surface area contributed by atoms with Gasteiger partial charge in [-0.1, -0.05) is 52.8 Å². The molecule has 1 unspecified atom stereocenters. The number of halogens is 1. The number of anilines is 2. The molecule has 0 radical (unpaired) electrons. The molecule has 1 N–H and O–H groups in total. The van der Waals surface area contributed by atoms with E-state index in [0.29, 0.717) is 10.8 Å². The lowest BCUT2D eigenvalue weighted by Gasteiger charge is -2.28. The Morgan fingerprint density at radius 1 is 1.19 bits per heavy atom. The number of aromatic nitrogens is 2. The van der Waals surface area contributed by atoms with Crippen LogP contribution in [0.2, 0.25) is 5.02 Å². The number of carbonyl (C=O) groups is 1. The molecule has 1 atom stereocenters. The largest absolute Gasteiger partial charge is 0.495 e. The highest BCUT2D eigenvalue weighted by Gasteiger charge is 2.30. The van der Waals surface area contributed by atoms with Gasteiger partial charge in [-0.3, -0.25) is 14.4 Å². The first-order valence-corrected chi connectivity index (χ1v) is 12.2. The van der Waals surface area contributed by atoms with Crippen molar-refractivity contribution >= 4 is 49.7 Å². The number of nitrogens with one attached hydrogen (secondary N) is 1. The van der Waals surface area contributed by atoms with Crippen molar-refractivity contribution in [3.05, 3.63) is 53.1 Å². The quantitative estimate of drug-likeness (QED) is 0.549. The highest BCUT2D eigenvalue weighted by Crippen LogP contribution is 2.32. The third kappa shape index (κ3) is 5.33. The van der Waals surface area contributed by atoms with Crippen LogP contribution in [0.4, 0.5) is 10.8 Å². The van der Waals surface area contributed by atoms with Crippen LogP contribution < -0.4 is 14.4 Å². The number of aryl methyl sites for hydroxylation is 1. The molecule has 0 aliphatic rings. The molecule has 31 heavy (non-hydrogen) atoms. The maximum absolute atomic E-state index is 12.8. The maximum Gasteiger partial charge on any atom is 0.249 e. The third-order valence-electron chi connectivity index (χ3n) is 4.43. The molecule has 8 nitrogen and oxygen atoms in total. The third-order valence-corrected chi connectivity index (χ3v) is 6.86. The molecule has 2 aromatic carbocycles. The number of ether oxygens (including phenoxy) is 1. The van der Waals surface area contributed by atoms with Gasteiger partial charge in [-0.05, 0) is 32.0 Å². The smallest absolute Gasteiger partial charge is 0.249 e. The summed E-state index contributed by atoms with van der Waals surface area (Å²) in [5.74, 6) is -0.155. The number of rotatable bonds is 7. The molecule has 0 saturated heterocycles. The highest BCUT2D eigenvalue weighted by atomic mass is 35.5. The standard InChI is InChI=1S/C20H21ClN4O4S2/c1-12-5-7-14(8-6-12)19-23-24-20(30-19)22-18(26)13(2)25(31(4,27)28)15-9-10-17(29-3)16(21)11-15/h5-11,13H,1-4H3,(H,22,24,26). The molecule has 0 spiro atoms. The van der Waals surface area contributed by atoms with Gasteiger partial charge in [0.15, 0.2) is 0 Å². The van der Waals surface area contributed by atoms with Crippen molar-refractivity contribution in [1.29, 1.82) is 0 Å². The second kappa shape index (κ2) is 9.21. The van der Waals surface area contributed by atoms with E-state index in [1.54, 1.807) is 6.07 Å². The predicted octanol–water partition coefficient (Wildman–Crippen LogP) is 3.97. The van der Waals surface area contributed by atoms with E-state index in [0.717, 1.165) is 21.7 Å². The monoisotopic (exact) mass is 480 g/mol. The van der Waals surface area contributed by atoms with Gasteiger partial charge in [0.1, 0.15) is 16.8 Å². The average Bonchev–Trinajstić information content (AvgIpc) is 3.16. The molecule has 164 valence electrons. The second-order valence-corrected chi connectivity index (χ2v) is 10.1. The van der Waals surface area contributed by atoms with Gasteiger partial charge in [0.2, 0.25) is 21.1 Å². The first-order valence-electron chi connectivity index (χ1n) is 9.14. The predicted molar refractivity (Wildman–Crippen MR) is 124 cm³/mol. The molecule has 1 amide bonds. The zero-order valence-electron chi connectivity index (χ0n) is 17.3. The zero-order chi connectivity index (χ0) is 22.8. The molecule has 0 fully saturated rings. The van der Waals surface area contributed by atoms with Crippen LogP contribution in [-0.4, -0.2) is 43.9 Å². The van der Waals surface area contributed by atoms with Crippen molar-refractivity contribution in [2.75, 3.05) is 23.0 Å². The summed E-state index contributed by atoms with van der Waals surface area (Å²) < 4.78 is 31.0. The minimum absolute atomic E-state index is 0.230. The number of hydrogen-bond acceptors (Lipinski definition) is 7. The lowest BCUT2D eigenvalue weighted by atomic mass is 10.2. The maximum atomic E-state index is 12.8. The van der Waals surface area contributed by atoms with Crippen LogP contribution in [0, 0.1) is 6.92 Å². The normalized spacial score (nSPS) is 12.3. The lowest BCUT2D eigenvalue weighted by molar-refractivity contribution is -0.116. The van der Waals surface area contributed by atoms with Gasteiger partial charge >= 0.3 is 0 Å². The van der Waals surface area contributed by atoms with Crippen molar-refractivity contribution in [3.63, 3.8) is 0 Å². The number of amides is 1. The van der Waals surface area contributed by atoms with Crippen LogP contribution in [-0.2, 0) is 14.8 Å². The van der Waals surface area contributed by atoms with Crippen LogP contribution in [0.15, 0.2) is 42.5 Å². The van der Waals surface area contributed by atoms with Gasteiger partial charge in [0.25, 0.3) is 0 Å². The summed E-state index contributed by atoms with van der Waals surface area (Å²) in [6, 6.07) is 11.2. The van der Waals surface area contributed by atoms with Crippen LogP contribution in [0.1, 0.15) is 12.5 Å². The summed E-state index contributed by atoms with van der Waals surface area (Å²) in [6.45, 7) is 3.47. The van der Waals surface area contributed by atoms with Gasteiger partial charge in [0.05, 0.1) is 24.1 Å². The Bertz CT molecular complexity index is 1200. The van der Waals surface area contributed by atoms with Crippen LogP contribution in [0.25, 0.3) is 10.6 Å². The van der Waals surface area contributed by atoms with Crippen molar-refractivity contribution < 1.29 is 17.9 Å². The van der Waals surface area contributed by atoms with E-state index in [1.165, 1.54) is 37.5 Å². The molecule has 0 saturated carbocycles. The van der Waals surface area contributed by atoms with Crippen molar-refractivity contribution in [2.24, 2.45) is 0 Å². The van der Waals surface area contributed by atoms with E-state index in [4.69, 9.17) is 16.3 Å². The van der Waals surface area contributed by atoms with Gasteiger partial charge in [-0.25, -0.2) is 8.42 Å². The van der Waals surface area contributed by atoms with E-state index in [2.05, 4.69) is 15.5 Å². The fraction of sp³-hybridized carbons (Fsp3) is 0.250. The molecule has 0 bridgehead atoms. The van der Waals surface area contributed by atoms with E-state index in [1.807, 2.05) is 31.2 Å². The number of benzene rings is 2. The zero-order valence-corrected chi connectivity index (χ0v) is 19.7. The fourth-order valence-electron chi connectivity index (χ4n) is 2.90. The van der Waals surface area contributed by atoms with Gasteiger partial charge in [-0.15, -0.1) is 10.2 Å². The Labute approximate surface area is 189 Å². The Morgan fingerprint density at radius 2 is 1.87 bits per heavy atom. The van der Waals surface area contributed by atoms with Crippen LogP contribution in [0.3, 0.4) is 0 Å². The minimum Gasteiger partial charge on any atom is -0.495 e. The molecule has 0 aliphatic carbocycles. The summed E-state index contributed by atoms with van der Waals surface area (Å²) in [4.78, 5) is 12.8. The topological polar surface area (TPSA) is 101 Å². The summed E-state index contributed by atoms with van der Waals surface area (Å²) in [7, 11) is -2.34. The van der Waals surface area contributed by atoms with Crippen molar-refractivity contribution in [1.82, 2.24) is 10.2 Å². The highest BCUT2D eigenvalue weighted by molar-refractivity contribution is 7.92. The van der Waals surface area contributed by atoms with E-state index < -0.39 is 22.0 Å². The number of sulfonamides is 1. The van der Waals surface area contributed by atoms with E-state index >= 15 is 0 Å². The summed E-state index contributed by atoms with van der Waals surface area (Å²) in [6.07, 6.45) is 1.02. The van der Waals surface area contributed by atoms with Crippen LogP contribution in [0.5, 0.6) is 5.75 Å². The molecule has 3 rings (SSSR count). The Kier molecular flexibility index (Phi) is 6.83. The van der Waals surface area contributed by atoms with Crippen LogP contribution >= 0.6 is 22.9 Å². The summed E-state index contributed by atoms with van der Waals surface area (Å²) >= 11 is 7.34. The second-order valence-electron chi connectivity index (χ2n) is 6.82. The molecule has 3 aromatic rings. The number of carbonyl (C=O) groups excluding carboxylic acids is 1.